The lowest BCUT2D eigenvalue weighted by molar-refractivity contribution is -0.155. The molecule has 3 aliphatic heterocycles. The number of cyclic esters (lactones) is 1. The van der Waals surface area contributed by atoms with Crippen LogP contribution in [-0.2, 0) is 66.0 Å². The number of ether oxygens (including phenoxy) is 2. The van der Waals surface area contributed by atoms with E-state index in [4.69, 9.17) is 9.47 Å². The van der Waals surface area contributed by atoms with Gasteiger partial charge in [-0.15, -0.1) is 0 Å². The number of carbonyl (C=O) groups is 5. The number of likely N-dealkylation sites (tertiary alicyclic amines) is 1. The van der Waals surface area contributed by atoms with Crippen LogP contribution >= 0.6 is 54.0 Å². The van der Waals surface area contributed by atoms with Crippen LogP contribution in [0.2, 0.25) is 0 Å². The number of carbonyl (C=O) groups excluding carboxylic acids is 5. The van der Waals surface area contributed by atoms with Gasteiger partial charge in [-0.05, 0) is 116 Å². The third-order valence-corrected chi connectivity index (χ3v) is 13.8. The van der Waals surface area contributed by atoms with E-state index in [0.717, 1.165) is 51.0 Å². The van der Waals surface area contributed by atoms with Gasteiger partial charge < -0.3 is 39.2 Å². The van der Waals surface area contributed by atoms with Crippen LogP contribution < -0.4 is 10.7 Å². The smallest absolute Gasteiger partial charge is 0.324 e. The number of likely N-dealkylation sites (N-methyl/N-ethyl adjacent to an activating group) is 1. The predicted molar refractivity (Wildman–Crippen MR) is 308 cm³/mol. The fourth-order valence-corrected chi connectivity index (χ4v) is 10.5. The fraction of sp³-hybridized carbons (Fsp3) is 0.500. The Morgan fingerprint density at radius 1 is 0.986 bits per heavy atom. The third kappa shape index (κ3) is 14.2. The normalized spacial score (nSPS) is 19.1. The van der Waals surface area contributed by atoms with E-state index in [0.29, 0.717) is 50.9 Å². The Morgan fingerprint density at radius 3 is 2.37 bits per heavy atom. The lowest BCUT2D eigenvalue weighted by Gasteiger charge is -2.37. The SMILES string of the molecule is C=CC(=O)N1CC[C@H](C(=O)N(C)[C@H](C(=O)N[C@H]2Cc3cc(O)cc(c3)-c3ccc4c(c3)c(c(-c3ccc(CN(C)C)cc3COC)n4CC)CC(C)(C)COC(=O)[C@@H]3CCCN(N3)C2=O)C(C)C)C1.S.S.S.S. The fourth-order valence-electron chi connectivity index (χ4n) is 10.5. The molecule has 1 aromatic heterocycles. The molecule has 2 saturated heterocycles. The van der Waals surface area contributed by atoms with Crippen LogP contribution in [0.3, 0.4) is 0 Å². The van der Waals surface area contributed by atoms with Gasteiger partial charge in [-0.25, -0.2) is 5.43 Å². The van der Waals surface area contributed by atoms with E-state index in [1.54, 1.807) is 31.2 Å². The summed E-state index contributed by atoms with van der Waals surface area (Å²) in [4.78, 5) is 74.7. The van der Waals surface area contributed by atoms with E-state index in [1.807, 2.05) is 26.0 Å². The molecule has 0 unspecified atom stereocenters. The highest BCUT2D eigenvalue weighted by molar-refractivity contribution is 7.59. The van der Waals surface area contributed by atoms with Gasteiger partial charge in [-0.2, -0.15) is 54.0 Å². The Balaban J connectivity index is 0.00000352. The highest BCUT2D eigenvalue weighted by Crippen LogP contribution is 2.42. The first kappa shape index (κ1) is 62.7. The molecule has 402 valence electrons. The van der Waals surface area contributed by atoms with Crippen LogP contribution in [-0.4, -0.2) is 132 Å². The number of hydrazine groups is 1. The summed E-state index contributed by atoms with van der Waals surface area (Å²) in [7, 11) is 7.40. The number of esters is 1. The Morgan fingerprint density at radius 2 is 1.71 bits per heavy atom. The molecule has 0 aliphatic carbocycles. The molecule has 3 aromatic carbocycles. The Hall–Kier alpha value is -4.63. The number of nitrogens with zero attached hydrogens (tertiary/aromatic N) is 5. The number of aryl methyl sites for hydroxylation is 1. The number of phenolic OH excluding ortho intramolecular Hbond substituents is 1. The van der Waals surface area contributed by atoms with Crippen LogP contribution in [0.5, 0.6) is 5.75 Å². The quantitative estimate of drug-likeness (QED) is 0.105. The number of aromatic nitrogens is 1. The van der Waals surface area contributed by atoms with Gasteiger partial charge in [0, 0.05) is 75.2 Å². The number of amides is 4. The number of aromatic hydroxyl groups is 1. The second-order valence-electron chi connectivity index (χ2n) is 20.5. The minimum atomic E-state index is -1.16. The molecule has 6 bridgehead atoms. The lowest BCUT2D eigenvalue weighted by atomic mass is 9.83. The topological polar surface area (TPSA) is 166 Å². The summed E-state index contributed by atoms with van der Waals surface area (Å²) in [5, 5.41) is 16.8. The van der Waals surface area contributed by atoms with Gasteiger partial charge in [-0.1, -0.05) is 64.6 Å². The van der Waals surface area contributed by atoms with Crippen LogP contribution in [0, 0.1) is 17.3 Å². The predicted octanol–water partition coefficient (Wildman–Crippen LogP) is 6.53. The number of fused-ring (bicyclic) bond motifs is 6. The molecule has 0 spiro atoms. The first-order chi connectivity index (χ1) is 32.8. The van der Waals surface area contributed by atoms with Gasteiger partial charge in [0.1, 0.15) is 23.9 Å². The second-order valence-corrected chi connectivity index (χ2v) is 20.5. The summed E-state index contributed by atoms with van der Waals surface area (Å²) in [6, 6.07) is 15.2. The van der Waals surface area contributed by atoms with Crippen molar-refractivity contribution in [2.75, 3.05) is 54.5 Å². The van der Waals surface area contributed by atoms with Crippen molar-refractivity contribution in [1.29, 1.82) is 0 Å². The van der Waals surface area contributed by atoms with E-state index >= 15 is 0 Å². The van der Waals surface area contributed by atoms with Gasteiger partial charge in [0.05, 0.1) is 24.8 Å². The zero-order chi connectivity index (χ0) is 49.9. The maximum Gasteiger partial charge on any atom is 0.324 e. The van der Waals surface area contributed by atoms with E-state index in [1.165, 1.54) is 21.5 Å². The molecule has 0 radical (unpaired) electrons. The lowest BCUT2D eigenvalue weighted by Crippen LogP contribution is -2.62. The van der Waals surface area contributed by atoms with E-state index in [2.05, 4.69) is 92.0 Å². The zero-order valence-corrected chi connectivity index (χ0v) is 47.9. The highest BCUT2D eigenvalue weighted by atomic mass is 32.1. The molecule has 4 heterocycles. The summed E-state index contributed by atoms with van der Waals surface area (Å²) >= 11 is 0. The van der Waals surface area contributed by atoms with E-state index < -0.39 is 47.2 Å². The van der Waals surface area contributed by atoms with Crippen molar-refractivity contribution in [3.05, 3.63) is 89.5 Å². The molecule has 7 rings (SSSR count). The molecule has 2 fully saturated rings. The van der Waals surface area contributed by atoms with Crippen LogP contribution in [0.25, 0.3) is 33.3 Å². The van der Waals surface area contributed by atoms with Crippen molar-refractivity contribution < 1.29 is 38.6 Å². The molecule has 4 aromatic rings. The zero-order valence-electron chi connectivity index (χ0n) is 43.9. The second kappa shape index (κ2) is 26.7. The number of hydrogen-bond acceptors (Lipinski definition) is 10. The maximum absolute atomic E-state index is 14.8. The Labute approximate surface area is 459 Å². The van der Waals surface area contributed by atoms with Gasteiger partial charge >= 0.3 is 5.97 Å². The average molecular weight is 1080 g/mol. The average Bonchev–Trinajstić information content (AvgIpc) is 3.92. The molecule has 4 atom stereocenters. The maximum atomic E-state index is 14.8. The van der Waals surface area contributed by atoms with Crippen LogP contribution in [0.1, 0.15) is 76.1 Å². The van der Waals surface area contributed by atoms with Crippen molar-refractivity contribution >= 4 is 94.5 Å². The van der Waals surface area contributed by atoms with Gasteiger partial charge in [-0.3, -0.25) is 29.0 Å². The van der Waals surface area contributed by atoms with Crippen LogP contribution in [0.4, 0.5) is 0 Å². The van der Waals surface area contributed by atoms with Crippen molar-refractivity contribution in [1.82, 2.24) is 35.0 Å². The molecular formula is C54H79N7O8S4. The Bertz CT molecular complexity index is 2620. The molecule has 3 aliphatic rings. The molecular weight excluding hydrogens is 1000 g/mol. The van der Waals surface area contributed by atoms with E-state index in [9.17, 15) is 29.1 Å². The first-order valence-corrected chi connectivity index (χ1v) is 24.3. The minimum absolute atomic E-state index is 0. The van der Waals surface area contributed by atoms with E-state index in [-0.39, 0.29) is 104 Å². The molecule has 3 N–H and O–H groups in total. The van der Waals surface area contributed by atoms with Crippen molar-refractivity contribution in [2.45, 2.75) is 105 Å². The molecule has 0 saturated carbocycles. The molecule has 15 nitrogen and oxygen atoms in total. The summed E-state index contributed by atoms with van der Waals surface area (Å²) in [6.07, 6.45) is 3.20. The highest BCUT2D eigenvalue weighted by Gasteiger charge is 2.40. The summed E-state index contributed by atoms with van der Waals surface area (Å²) < 4.78 is 14.3. The van der Waals surface area contributed by atoms with Gasteiger partial charge in [0.15, 0.2) is 0 Å². The minimum Gasteiger partial charge on any atom is -0.508 e. The molecule has 19 heteroatoms. The summed E-state index contributed by atoms with van der Waals surface area (Å²) in [5.74, 6) is -2.83. The largest absolute Gasteiger partial charge is 0.508 e. The van der Waals surface area contributed by atoms with Crippen molar-refractivity contribution in [3.63, 3.8) is 0 Å². The first-order valence-electron chi connectivity index (χ1n) is 24.3. The number of nitrogens with one attached hydrogen (secondary N) is 2. The molecule has 73 heavy (non-hydrogen) atoms. The van der Waals surface area contributed by atoms with Crippen LogP contribution in [0.15, 0.2) is 67.3 Å². The number of phenols is 1. The standard InChI is InChI=1S/C54H71N7O8.4H2S/c1-11-47(63)59-21-19-37(30-59)51(65)58(9)48(33(3)4)50(64)55-45-25-35-23-38(26-40(62)24-35)36-16-18-46-42(27-36)43(28-54(5,6)32-69-53(67)44-14-13-20-61(56-44)52(45)66)49(60(46)12-2)41-17-15-34(29-57(7)8)22-39(41)31-68-10;;;;/h11,15-18,22-24,26-27,33,37,44-45,48,56,62H,1,12-14,19-21,25,28-32H2,2-10H3,(H,55,64);4*1H2/t37-,44-,45-,48-;;;;/m0..../s1. The number of methoxy groups -OCH3 is 1. The summed E-state index contributed by atoms with van der Waals surface area (Å²) in [6.45, 7) is 16.5. The number of rotatable bonds is 12. The van der Waals surface area contributed by atoms with Gasteiger partial charge in [0.25, 0.3) is 5.91 Å². The van der Waals surface area contributed by atoms with Crippen molar-refractivity contribution in [2.24, 2.45) is 17.3 Å². The monoisotopic (exact) mass is 1080 g/mol. The van der Waals surface area contributed by atoms with Gasteiger partial charge in [0.2, 0.25) is 17.7 Å². The third-order valence-electron chi connectivity index (χ3n) is 13.8. The Kier molecular flexibility index (Phi) is 22.9. The summed E-state index contributed by atoms with van der Waals surface area (Å²) in [5.41, 5.74) is 11.3. The molecule has 4 amide bonds. The number of hydrogen-bond donors (Lipinski definition) is 3. The number of benzene rings is 3. The van der Waals surface area contributed by atoms with Crippen molar-refractivity contribution in [3.8, 4) is 28.1 Å².